The van der Waals surface area contributed by atoms with Crippen molar-refractivity contribution >= 4 is 0 Å². The van der Waals surface area contributed by atoms with E-state index >= 15 is 0 Å². The van der Waals surface area contributed by atoms with Gasteiger partial charge in [-0.05, 0) is 13.3 Å². The Balaban J connectivity index is 2.44. The second-order valence-electron chi connectivity index (χ2n) is 2.68. The molecule has 1 aliphatic heterocycles. The van der Waals surface area contributed by atoms with Crippen molar-refractivity contribution in [3.05, 3.63) is 0 Å². The molecule has 0 aromatic rings. The average Bonchev–Trinajstić information content (AvgIpc) is 2.12. The van der Waals surface area contributed by atoms with Crippen LogP contribution in [0.5, 0.6) is 0 Å². The van der Waals surface area contributed by atoms with E-state index in [1.807, 2.05) is 6.92 Å². The molecular weight excluding hydrogens is 116 g/mol. The van der Waals surface area contributed by atoms with Crippen molar-refractivity contribution in [1.82, 2.24) is 0 Å². The van der Waals surface area contributed by atoms with E-state index in [9.17, 15) is 5.11 Å². The summed E-state index contributed by atoms with van der Waals surface area (Å²) in [5.41, 5.74) is 0. The van der Waals surface area contributed by atoms with Crippen molar-refractivity contribution in [1.29, 1.82) is 0 Å². The summed E-state index contributed by atoms with van der Waals surface area (Å²) in [6, 6.07) is 0. The Kier molecular flexibility index (Phi) is 2.09. The van der Waals surface area contributed by atoms with Gasteiger partial charge in [-0.15, -0.1) is 0 Å². The maximum absolute atomic E-state index is 9.23. The Morgan fingerprint density at radius 3 is 2.56 bits per heavy atom. The largest absolute Gasteiger partial charge is 0.390 e. The minimum absolute atomic E-state index is 0.218. The second-order valence-corrected chi connectivity index (χ2v) is 2.68. The molecule has 1 saturated heterocycles. The van der Waals surface area contributed by atoms with Crippen LogP contribution in [0, 0.1) is 5.92 Å². The predicted molar refractivity (Wildman–Crippen MR) is 35.2 cm³/mol. The summed E-state index contributed by atoms with van der Waals surface area (Å²) in [6.07, 6.45) is 1.05. The molecule has 0 radical (unpaired) electrons. The van der Waals surface area contributed by atoms with Crippen molar-refractivity contribution in [2.75, 3.05) is 6.61 Å². The quantitative estimate of drug-likeness (QED) is 0.568. The van der Waals surface area contributed by atoms with Gasteiger partial charge in [-0.1, -0.05) is 6.92 Å². The summed E-state index contributed by atoms with van der Waals surface area (Å²) < 4.78 is 5.22. The second kappa shape index (κ2) is 2.67. The maximum Gasteiger partial charge on any atom is 0.0826 e. The van der Waals surface area contributed by atoms with Gasteiger partial charge in [0.1, 0.15) is 0 Å². The van der Waals surface area contributed by atoms with Gasteiger partial charge in [0.2, 0.25) is 0 Å². The zero-order valence-electron chi connectivity index (χ0n) is 6.00. The number of aliphatic hydroxyl groups is 1. The van der Waals surface area contributed by atoms with Crippen LogP contribution in [0.2, 0.25) is 0 Å². The SMILES string of the molecule is CCC1C(C)OC[C@@H]1O. The van der Waals surface area contributed by atoms with Crippen molar-refractivity contribution in [2.45, 2.75) is 32.5 Å². The van der Waals surface area contributed by atoms with E-state index < -0.39 is 0 Å². The van der Waals surface area contributed by atoms with E-state index in [1.54, 1.807) is 0 Å². The fourth-order valence-electron chi connectivity index (χ4n) is 1.41. The van der Waals surface area contributed by atoms with Crippen LogP contribution in [0.4, 0.5) is 0 Å². The van der Waals surface area contributed by atoms with Gasteiger partial charge >= 0.3 is 0 Å². The van der Waals surface area contributed by atoms with Crippen LogP contribution in [-0.2, 0) is 4.74 Å². The molecule has 0 amide bonds. The van der Waals surface area contributed by atoms with Gasteiger partial charge in [0.15, 0.2) is 0 Å². The molecule has 0 spiro atoms. The fraction of sp³-hybridized carbons (Fsp3) is 1.00. The number of hydrogen-bond donors (Lipinski definition) is 1. The standard InChI is InChI=1S/C7H14O2/c1-3-6-5(2)9-4-7(6)8/h5-8H,3-4H2,1-2H3/t5?,6?,7-/m0/s1. The lowest BCUT2D eigenvalue weighted by Crippen LogP contribution is -2.20. The van der Waals surface area contributed by atoms with E-state index in [0.717, 1.165) is 6.42 Å². The van der Waals surface area contributed by atoms with Crippen LogP contribution < -0.4 is 0 Å². The normalized spacial score (nSPS) is 43.7. The highest BCUT2D eigenvalue weighted by Gasteiger charge is 2.30. The topological polar surface area (TPSA) is 29.5 Å². The molecule has 1 aliphatic rings. The molecule has 54 valence electrons. The molecule has 2 unspecified atom stereocenters. The predicted octanol–water partition coefficient (Wildman–Crippen LogP) is 0.792. The first-order valence-electron chi connectivity index (χ1n) is 3.55. The molecular formula is C7H14O2. The van der Waals surface area contributed by atoms with Crippen molar-refractivity contribution in [3.63, 3.8) is 0 Å². The Hall–Kier alpha value is -0.0800. The van der Waals surface area contributed by atoms with E-state index in [2.05, 4.69) is 6.92 Å². The molecule has 1 N–H and O–H groups in total. The first kappa shape index (κ1) is 7.03. The van der Waals surface area contributed by atoms with Crippen molar-refractivity contribution < 1.29 is 9.84 Å². The summed E-state index contributed by atoms with van der Waals surface area (Å²) in [7, 11) is 0. The summed E-state index contributed by atoms with van der Waals surface area (Å²) >= 11 is 0. The monoisotopic (exact) mass is 130 g/mol. The highest BCUT2D eigenvalue weighted by Crippen LogP contribution is 2.23. The first-order chi connectivity index (χ1) is 4.25. The lowest BCUT2D eigenvalue weighted by atomic mass is 9.98. The maximum atomic E-state index is 9.23. The zero-order chi connectivity index (χ0) is 6.85. The van der Waals surface area contributed by atoms with E-state index in [0.29, 0.717) is 12.5 Å². The Bertz CT molecular complexity index is 82.9. The van der Waals surface area contributed by atoms with Crippen LogP contribution in [-0.4, -0.2) is 23.9 Å². The molecule has 1 fully saturated rings. The summed E-state index contributed by atoms with van der Waals surface area (Å²) in [5, 5.41) is 9.23. The Labute approximate surface area is 55.8 Å². The van der Waals surface area contributed by atoms with Crippen molar-refractivity contribution in [3.8, 4) is 0 Å². The third-order valence-corrected chi connectivity index (χ3v) is 2.10. The minimum Gasteiger partial charge on any atom is -0.390 e. The van der Waals surface area contributed by atoms with Crippen LogP contribution in [0.15, 0.2) is 0 Å². The average molecular weight is 130 g/mol. The molecule has 2 nitrogen and oxygen atoms in total. The molecule has 1 rings (SSSR count). The van der Waals surface area contributed by atoms with Gasteiger partial charge in [-0.2, -0.15) is 0 Å². The minimum atomic E-state index is -0.218. The van der Waals surface area contributed by atoms with E-state index in [1.165, 1.54) is 0 Å². The molecule has 1 heterocycles. The molecule has 2 heteroatoms. The first-order valence-corrected chi connectivity index (χ1v) is 3.55. The van der Waals surface area contributed by atoms with Gasteiger partial charge in [-0.25, -0.2) is 0 Å². The number of hydrogen-bond acceptors (Lipinski definition) is 2. The van der Waals surface area contributed by atoms with Crippen LogP contribution >= 0.6 is 0 Å². The molecule has 0 aromatic heterocycles. The number of aliphatic hydroxyl groups excluding tert-OH is 1. The van der Waals surface area contributed by atoms with Crippen LogP contribution in [0.25, 0.3) is 0 Å². The highest BCUT2D eigenvalue weighted by molar-refractivity contribution is 4.79. The lowest BCUT2D eigenvalue weighted by Gasteiger charge is -2.12. The number of rotatable bonds is 1. The van der Waals surface area contributed by atoms with Gasteiger partial charge in [0.05, 0.1) is 18.8 Å². The molecule has 0 aliphatic carbocycles. The third kappa shape index (κ3) is 1.25. The van der Waals surface area contributed by atoms with E-state index in [4.69, 9.17) is 4.74 Å². The zero-order valence-corrected chi connectivity index (χ0v) is 6.00. The highest BCUT2D eigenvalue weighted by atomic mass is 16.5. The molecule has 0 bridgehead atoms. The lowest BCUT2D eigenvalue weighted by molar-refractivity contribution is 0.0963. The van der Waals surface area contributed by atoms with Gasteiger partial charge in [0, 0.05) is 5.92 Å². The third-order valence-electron chi connectivity index (χ3n) is 2.10. The summed E-state index contributed by atoms with van der Waals surface area (Å²) in [6.45, 7) is 4.63. The molecule has 9 heavy (non-hydrogen) atoms. The van der Waals surface area contributed by atoms with Crippen LogP contribution in [0.3, 0.4) is 0 Å². The Morgan fingerprint density at radius 1 is 1.67 bits per heavy atom. The van der Waals surface area contributed by atoms with E-state index in [-0.39, 0.29) is 12.2 Å². The smallest absolute Gasteiger partial charge is 0.0826 e. The molecule has 0 aromatic carbocycles. The molecule has 3 atom stereocenters. The summed E-state index contributed by atoms with van der Waals surface area (Å²) in [5.74, 6) is 0.366. The fourth-order valence-corrected chi connectivity index (χ4v) is 1.41. The number of ether oxygens (including phenoxy) is 1. The van der Waals surface area contributed by atoms with Gasteiger partial charge in [-0.3, -0.25) is 0 Å². The van der Waals surface area contributed by atoms with Crippen molar-refractivity contribution in [2.24, 2.45) is 5.92 Å². The van der Waals surface area contributed by atoms with Crippen LogP contribution in [0.1, 0.15) is 20.3 Å². The molecule has 0 saturated carbocycles. The van der Waals surface area contributed by atoms with Gasteiger partial charge in [0.25, 0.3) is 0 Å². The van der Waals surface area contributed by atoms with Gasteiger partial charge < -0.3 is 9.84 Å². The Morgan fingerprint density at radius 2 is 2.33 bits per heavy atom. The summed E-state index contributed by atoms with van der Waals surface area (Å²) in [4.78, 5) is 0.